The van der Waals surface area contributed by atoms with Gasteiger partial charge in [-0.1, -0.05) is 170 Å². The molecule has 2 aliphatic rings. The van der Waals surface area contributed by atoms with Gasteiger partial charge in [-0.15, -0.1) is 11.6 Å². The smallest absolute Gasteiger partial charge is 0.332 e. The largest absolute Gasteiger partial charge is 0.464 e. The second-order valence-corrected chi connectivity index (χ2v) is 18.6. The summed E-state index contributed by atoms with van der Waals surface area (Å²) in [5.74, 6) is -2.03. The van der Waals surface area contributed by atoms with E-state index in [1.54, 1.807) is 6.92 Å². The van der Waals surface area contributed by atoms with Crippen LogP contribution in [0.2, 0.25) is 5.02 Å². The standard InChI is InChI=1S/C46H44Cl2O4P2/c1-2-50-44(49)33-51-46(52-35-18-8-3-9-19-35)43(48)31-30-42(54(38-24-14-6-15-25-38)39-26-16-7-17-27-39)45(46)40-32-34(47)28-29-41(40)53(36-20-10-4-11-21-36)37-22-12-5-13-23-37/h4-7,10-17,20-32,35,43H,2-3,8-9,18-19,33H2,1H3/t43-,46?/m0/s1. The third kappa shape index (κ3) is 8.61. The minimum absolute atomic E-state index is 0.128. The molecule has 276 valence electrons. The van der Waals surface area contributed by atoms with Gasteiger partial charge < -0.3 is 14.2 Å². The summed E-state index contributed by atoms with van der Waals surface area (Å²) >= 11 is 14.7. The van der Waals surface area contributed by atoms with Crippen LogP contribution in [0.5, 0.6) is 0 Å². The van der Waals surface area contributed by atoms with E-state index < -0.39 is 33.0 Å². The quantitative estimate of drug-likeness (QED) is 0.0516. The van der Waals surface area contributed by atoms with E-state index in [-0.39, 0.29) is 19.3 Å². The van der Waals surface area contributed by atoms with E-state index in [0.717, 1.165) is 64.5 Å². The van der Waals surface area contributed by atoms with Gasteiger partial charge in [0.25, 0.3) is 0 Å². The number of carbonyl (C=O) groups is 1. The Morgan fingerprint density at radius 2 is 1.24 bits per heavy atom. The molecule has 1 fully saturated rings. The van der Waals surface area contributed by atoms with E-state index in [1.165, 1.54) is 10.6 Å². The third-order valence-electron chi connectivity index (χ3n) is 9.76. The Morgan fingerprint density at radius 1 is 0.722 bits per heavy atom. The first-order valence-electron chi connectivity index (χ1n) is 18.6. The van der Waals surface area contributed by atoms with E-state index in [0.29, 0.717) is 5.02 Å². The van der Waals surface area contributed by atoms with Crippen molar-refractivity contribution in [2.24, 2.45) is 0 Å². The molecule has 2 atom stereocenters. The average molecular weight is 794 g/mol. The van der Waals surface area contributed by atoms with Crippen LogP contribution in [0.25, 0.3) is 5.57 Å². The Morgan fingerprint density at radius 3 is 1.76 bits per heavy atom. The molecule has 1 unspecified atom stereocenters. The van der Waals surface area contributed by atoms with Crippen LogP contribution in [0.4, 0.5) is 0 Å². The normalized spacial score (nSPS) is 19.0. The van der Waals surface area contributed by atoms with Crippen molar-refractivity contribution in [1.29, 1.82) is 0 Å². The summed E-state index contributed by atoms with van der Waals surface area (Å²) < 4.78 is 19.8. The van der Waals surface area contributed by atoms with Crippen LogP contribution in [0.3, 0.4) is 0 Å². The fourth-order valence-corrected chi connectivity index (χ4v) is 12.8. The molecule has 0 saturated heterocycles. The molecule has 0 N–H and O–H groups in total. The molecule has 0 heterocycles. The predicted molar refractivity (Wildman–Crippen MR) is 228 cm³/mol. The van der Waals surface area contributed by atoms with Crippen LogP contribution in [-0.2, 0) is 19.0 Å². The zero-order valence-electron chi connectivity index (χ0n) is 30.3. The lowest BCUT2D eigenvalue weighted by Crippen LogP contribution is -2.51. The number of ether oxygens (including phenoxy) is 3. The lowest BCUT2D eigenvalue weighted by atomic mass is 9.89. The van der Waals surface area contributed by atoms with Crippen LogP contribution in [0, 0.1) is 0 Å². The van der Waals surface area contributed by atoms with Crippen LogP contribution in [-0.4, -0.2) is 36.5 Å². The first kappa shape index (κ1) is 38.7. The number of hydrogen-bond acceptors (Lipinski definition) is 4. The fourth-order valence-electron chi connectivity index (χ4n) is 7.39. The van der Waals surface area contributed by atoms with Gasteiger partial charge in [-0.3, -0.25) is 0 Å². The second kappa shape index (κ2) is 18.4. The topological polar surface area (TPSA) is 44.8 Å². The van der Waals surface area contributed by atoms with Crippen molar-refractivity contribution in [1.82, 2.24) is 0 Å². The Labute approximate surface area is 331 Å². The number of allylic oxidation sites excluding steroid dienone is 2. The van der Waals surface area contributed by atoms with Crippen molar-refractivity contribution >= 4 is 77.1 Å². The first-order chi connectivity index (χ1) is 26.5. The molecule has 0 bridgehead atoms. The van der Waals surface area contributed by atoms with Crippen molar-refractivity contribution in [3.63, 3.8) is 0 Å². The first-order valence-corrected chi connectivity index (χ1v) is 22.1. The lowest BCUT2D eigenvalue weighted by molar-refractivity contribution is -0.226. The number of hydrogen-bond donors (Lipinski definition) is 0. The number of alkyl halides is 1. The summed E-state index contributed by atoms with van der Waals surface area (Å²) in [6.45, 7) is 1.70. The molecule has 5 aromatic carbocycles. The van der Waals surface area contributed by atoms with E-state index in [4.69, 9.17) is 37.4 Å². The summed E-state index contributed by atoms with van der Waals surface area (Å²) in [6, 6.07) is 48.6. The van der Waals surface area contributed by atoms with Gasteiger partial charge in [0.05, 0.1) is 12.7 Å². The van der Waals surface area contributed by atoms with Gasteiger partial charge in [0.15, 0.2) is 0 Å². The van der Waals surface area contributed by atoms with Crippen molar-refractivity contribution < 1.29 is 19.0 Å². The second-order valence-electron chi connectivity index (χ2n) is 13.3. The summed E-state index contributed by atoms with van der Waals surface area (Å²) in [6.07, 6.45) is 9.00. The maximum Gasteiger partial charge on any atom is 0.332 e. The molecular formula is C46H44Cl2O4P2. The van der Waals surface area contributed by atoms with Crippen molar-refractivity contribution in [2.45, 2.75) is 56.3 Å². The van der Waals surface area contributed by atoms with Crippen molar-refractivity contribution in [3.05, 3.63) is 168 Å². The molecule has 54 heavy (non-hydrogen) atoms. The van der Waals surface area contributed by atoms with E-state index in [1.807, 2.05) is 30.3 Å². The monoisotopic (exact) mass is 792 g/mol. The van der Waals surface area contributed by atoms with Crippen LogP contribution in [0.1, 0.15) is 44.6 Å². The molecule has 5 aromatic rings. The third-order valence-corrected chi connectivity index (χ3v) is 15.4. The predicted octanol–water partition coefficient (Wildman–Crippen LogP) is 9.74. The lowest BCUT2D eigenvalue weighted by Gasteiger charge is -2.45. The Hall–Kier alpha value is -3.59. The molecule has 0 aliphatic heterocycles. The van der Waals surface area contributed by atoms with Crippen LogP contribution >= 0.6 is 39.0 Å². The van der Waals surface area contributed by atoms with Gasteiger partial charge in [0, 0.05) is 10.6 Å². The van der Waals surface area contributed by atoms with Gasteiger partial charge in [-0.2, -0.15) is 0 Å². The van der Waals surface area contributed by atoms with E-state index >= 15 is 0 Å². The minimum Gasteiger partial charge on any atom is -0.464 e. The van der Waals surface area contributed by atoms with Crippen molar-refractivity contribution in [2.75, 3.05) is 13.2 Å². The number of carbonyl (C=O) groups excluding carboxylic acids is 1. The molecule has 0 amide bonds. The number of halogens is 2. The highest BCUT2D eigenvalue weighted by atomic mass is 35.5. The van der Waals surface area contributed by atoms with Crippen LogP contribution in [0.15, 0.2) is 157 Å². The molecule has 2 aliphatic carbocycles. The zero-order chi connectivity index (χ0) is 37.3. The van der Waals surface area contributed by atoms with Crippen molar-refractivity contribution in [3.8, 4) is 0 Å². The highest BCUT2D eigenvalue weighted by Gasteiger charge is 2.51. The molecular weight excluding hydrogens is 749 g/mol. The fraction of sp³-hybridized carbons (Fsp3) is 0.239. The summed E-state index contributed by atoms with van der Waals surface area (Å²) in [5.41, 5.74) is 1.70. The average Bonchev–Trinajstić information content (AvgIpc) is 3.21. The molecule has 7 rings (SSSR count). The Balaban J connectivity index is 1.58. The Bertz CT molecular complexity index is 1980. The number of benzene rings is 5. The van der Waals surface area contributed by atoms with Gasteiger partial charge in [-0.05, 0) is 85.1 Å². The van der Waals surface area contributed by atoms with Gasteiger partial charge in [-0.25, -0.2) is 4.79 Å². The number of esters is 1. The minimum atomic E-state index is -1.56. The maximum atomic E-state index is 13.2. The van der Waals surface area contributed by atoms with E-state index in [2.05, 4.69) is 121 Å². The van der Waals surface area contributed by atoms with Crippen LogP contribution < -0.4 is 26.5 Å². The highest BCUT2D eigenvalue weighted by Crippen LogP contribution is 2.56. The molecule has 0 spiro atoms. The number of rotatable bonds is 13. The summed E-state index contributed by atoms with van der Waals surface area (Å²) in [5, 5.41) is 6.64. The summed E-state index contributed by atoms with van der Waals surface area (Å²) in [4.78, 5) is 13.2. The Kier molecular flexibility index (Phi) is 13.2. The molecule has 8 heteroatoms. The molecule has 4 nitrogen and oxygen atoms in total. The zero-order valence-corrected chi connectivity index (χ0v) is 33.6. The van der Waals surface area contributed by atoms with E-state index in [9.17, 15) is 4.79 Å². The van der Waals surface area contributed by atoms with Gasteiger partial charge >= 0.3 is 5.97 Å². The van der Waals surface area contributed by atoms with Gasteiger partial charge in [0.1, 0.15) is 12.0 Å². The molecule has 1 saturated carbocycles. The SMILES string of the molecule is CCOC(=O)COC1(OC2CCCCC2)C(c2cc(Cl)ccc2P(c2ccccc2)c2ccccc2)=C(P(c2ccccc2)c2ccccc2)C=C[C@@H]1Cl. The summed E-state index contributed by atoms with van der Waals surface area (Å²) in [7, 11) is -2.30. The highest BCUT2D eigenvalue weighted by molar-refractivity contribution is 7.80. The van der Waals surface area contributed by atoms with Gasteiger partial charge in [0.2, 0.25) is 5.79 Å². The maximum absolute atomic E-state index is 13.2. The molecule has 0 radical (unpaired) electrons. The molecule has 0 aromatic heterocycles.